The van der Waals surface area contributed by atoms with Gasteiger partial charge in [-0.2, -0.15) is 15.6 Å². The molecule has 1 saturated heterocycles. The molecule has 0 aliphatic carbocycles. The van der Waals surface area contributed by atoms with Gasteiger partial charge in [0, 0.05) is 25.0 Å². The minimum absolute atomic E-state index is 0.0782. The Hall–Kier alpha value is -2.58. The van der Waals surface area contributed by atoms with Gasteiger partial charge in [0.2, 0.25) is 5.71 Å². The second kappa shape index (κ2) is 6.46. The second-order valence-electron chi connectivity index (χ2n) is 4.94. The van der Waals surface area contributed by atoms with Gasteiger partial charge >= 0.3 is 0 Å². The molecule has 0 saturated carbocycles. The molecule has 0 amide bonds. The zero-order valence-corrected chi connectivity index (χ0v) is 12.9. The average molecular weight is 317 g/mol. The Morgan fingerprint density at radius 2 is 1.91 bits per heavy atom. The molecule has 114 valence electrons. The van der Waals surface area contributed by atoms with E-state index in [0.717, 1.165) is 37.9 Å². The third kappa shape index (κ3) is 3.54. The number of nitriles is 2. The summed E-state index contributed by atoms with van der Waals surface area (Å²) in [7, 11) is -3.45. The highest BCUT2D eigenvalue weighted by Gasteiger charge is 2.18. The van der Waals surface area contributed by atoms with Gasteiger partial charge in [-0.1, -0.05) is 0 Å². The summed E-state index contributed by atoms with van der Waals surface area (Å²) >= 11 is 0. The summed E-state index contributed by atoms with van der Waals surface area (Å²) in [5.41, 5.74) is 3.30. The van der Waals surface area contributed by atoms with Crippen LogP contribution in [0.2, 0.25) is 0 Å². The maximum Gasteiger partial charge on any atom is 0.237 e. The van der Waals surface area contributed by atoms with E-state index in [1.54, 1.807) is 24.3 Å². The van der Waals surface area contributed by atoms with Crippen molar-refractivity contribution >= 4 is 26.9 Å². The number of hydrogen-bond donors (Lipinski definition) is 1. The SMILES string of the molecule is CS(=O)(=O)c1ccc(N2CCCC2)cc1NN=C(C#N)C#N. The molecule has 2 rings (SSSR count). The fourth-order valence-electron chi connectivity index (χ4n) is 2.29. The molecule has 1 fully saturated rings. The molecule has 1 heterocycles. The predicted octanol–water partition coefficient (Wildman–Crippen LogP) is 1.51. The van der Waals surface area contributed by atoms with Crippen molar-refractivity contribution in [3.8, 4) is 12.1 Å². The molecule has 1 aromatic carbocycles. The molecule has 0 spiro atoms. The second-order valence-corrected chi connectivity index (χ2v) is 6.93. The average Bonchev–Trinajstić information content (AvgIpc) is 3.01. The lowest BCUT2D eigenvalue weighted by molar-refractivity contribution is 0.602. The molecule has 0 atom stereocenters. The van der Waals surface area contributed by atoms with Crippen molar-refractivity contribution in [2.45, 2.75) is 17.7 Å². The van der Waals surface area contributed by atoms with Gasteiger partial charge in [0.05, 0.1) is 10.6 Å². The smallest absolute Gasteiger partial charge is 0.237 e. The number of hydrogen-bond acceptors (Lipinski definition) is 7. The first kappa shape index (κ1) is 15.8. The fourth-order valence-corrected chi connectivity index (χ4v) is 3.11. The monoisotopic (exact) mass is 317 g/mol. The number of nitrogens with zero attached hydrogens (tertiary/aromatic N) is 4. The highest BCUT2D eigenvalue weighted by molar-refractivity contribution is 7.90. The number of anilines is 2. The molecule has 22 heavy (non-hydrogen) atoms. The molecular formula is C14H15N5O2S. The normalized spacial score (nSPS) is 14.0. The Labute approximate surface area is 129 Å². The van der Waals surface area contributed by atoms with Gasteiger partial charge in [-0.3, -0.25) is 5.43 Å². The van der Waals surface area contributed by atoms with Crippen LogP contribution in [0.1, 0.15) is 12.8 Å². The highest BCUT2D eigenvalue weighted by atomic mass is 32.2. The molecule has 0 radical (unpaired) electrons. The van der Waals surface area contributed by atoms with E-state index in [1.165, 1.54) is 6.07 Å². The van der Waals surface area contributed by atoms with Crippen LogP contribution in [0, 0.1) is 22.7 Å². The summed E-state index contributed by atoms with van der Waals surface area (Å²) in [4.78, 5) is 2.23. The van der Waals surface area contributed by atoms with E-state index in [-0.39, 0.29) is 16.3 Å². The lowest BCUT2D eigenvalue weighted by Gasteiger charge is -2.19. The fraction of sp³-hybridized carbons (Fsp3) is 0.357. The number of rotatable bonds is 4. The lowest BCUT2D eigenvalue weighted by atomic mass is 10.2. The van der Waals surface area contributed by atoms with Gasteiger partial charge in [0.15, 0.2) is 9.84 Å². The van der Waals surface area contributed by atoms with Crippen molar-refractivity contribution in [2.24, 2.45) is 5.10 Å². The van der Waals surface area contributed by atoms with Crippen LogP contribution >= 0.6 is 0 Å². The van der Waals surface area contributed by atoms with E-state index in [0.29, 0.717) is 0 Å². The maximum atomic E-state index is 11.8. The van der Waals surface area contributed by atoms with Crippen LogP contribution in [-0.4, -0.2) is 33.5 Å². The number of sulfone groups is 1. The van der Waals surface area contributed by atoms with Gasteiger partial charge in [-0.25, -0.2) is 8.42 Å². The van der Waals surface area contributed by atoms with Crippen LogP contribution in [0.25, 0.3) is 0 Å². The Morgan fingerprint density at radius 3 is 2.45 bits per heavy atom. The van der Waals surface area contributed by atoms with Crippen LogP contribution in [0.4, 0.5) is 11.4 Å². The first-order valence-corrected chi connectivity index (χ1v) is 8.58. The molecule has 0 bridgehead atoms. The van der Waals surface area contributed by atoms with Crippen molar-refractivity contribution in [3.63, 3.8) is 0 Å². The summed E-state index contributed by atoms with van der Waals surface area (Å²) in [6, 6.07) is 8.18. The van der Waals surface area contributed by atoms with E-state index in [1.807, 2.05) is 0 Å². The third-order valence-corrected chi connectivity index (χ3v) is 4.49. The van der Waals surface area contributed by atoms with Gasteiger partial charge in [-0.15, -0.1) is 0 Å². The van der Waals surface area contributed by atoms with Crippen molar-refractivity contribution < 1.29 is 8.42 Å². The molecule has 1 aliphatic rings. The zero-order valence-electron chi connectivity index (χ0n) is 12.1. The Morgan fingerprint density at radius 1 is 1.27 bits per heavy atom. The molecule has 0 aromatic heterocycles. The molecule has 1 N–H and O–H groups in total. The maximum absolute atomic E-state index is 11.8. The summed E-state index contributed by atoms with van der Waals surface area (Å²) in [6.07, 6.45) is 3.30. The first-order valence-electron chi connectivity index (χ1n) is 6.68. The number of hydrazone groups is 1. The van der Waals surface area contributed by atoms with Gasteiger partial charge in [-0.05, 0) is 31.0 Å². The van der Waals surface area contributed by atoms with E-state index in [2.05, 4.69) is 15.4 Å². The molecule has 1 aromatic rings. The van der Waals surface area contributed by atoms with E-state index >= 15 is 0 Å². The summed E-state index contributed by atoms with van der Waals surface area (Å²) in [5.74, 6) is 0. The lowest BCUT2D eigenvalue weighted by Crippen LogP contribution is -2.18. The van der Waals surface area contributed by atoms with E-state index < -0.39 is 9.84 Å². The van der Waals surface area contributed by atoms with Gasteiger partial charge in [0.25, 0.3) is 0 Å². The van der Waals surface area contributed by atoms with Gasteiger partial charge < -0.3 is 4.90 Å². The third-order valence-electron chi connectivity index (χ3n) is 3.33. The van der Waals surface area contributed by atoms with Crippen LogP contribution in [-0.2, 0) is 9.84 Å². The largest absolute Gasteiger partial charge is 0.371 e. The van der Waals surface area contributed by atoms with Crippen molar-refractivity contribution in [1.82, 2.24) is 0 Å². The number of benzene rings is 1. The zero-order chi connectivity index (χ0) is 16.2. The molecule has 8 heteroatoms. The Kier molecular flexibility index (Phi) is 4.64. The summed E-state index contributed by atoms with van der Waals surface area (Å²) in [5, 5.41) is 21.0. The van der Waals surface area contributed by atoms with Crippen LogP contribution in [0.5, 0.6) is 0 Å². The number of nitrogens with one attached hydrogen (secondary N) is 1. The molecular weight excluding hydrogens is 302 g/mol. The van der Waals surface area contributed by atoms with Crippen LogP contribution in [0.15, 0.2) is 28.2 Å². The van der Waals surface area contributed by atoms with Crippen molar-refractivity contribution in [1.29, 1.82) is 10.5 Å². The predicted molar refractivity (Wildman–Crippen MR) is 83.3 cm³/mol. The Balaban J connectivity index is 2.42. The van der Waals surface area contributed by atoms with E-state index in [9.17, 15) is 8.42 Å². The van der Waals surface area contributed by atoms with Crippen LogP contribution in [0.3, 0.4) is 0 Å². The minimum Gasteiger partial charge on any atom is -0.371 e. The van der Waals surface area contributed by atoms with Crippen LogP contribution < -0.4 is 10.3 Å². The van der Waals surface area contributed by atoms with Crippen molar-refractivity contribution in [3.05, 3.63) is 18.2 Å². The van der Waals surface area contributed by atoms with E-state index in [4.69, 9.17) is 10.5 Å². The quantitative estimate of drug-likeness (QED) is 0.666. The molecule has 0 unspecified atom stereocenters. The molecule has 1 aliphatic heterocycles. The summed E-state index contributed by atoms with van der Waals surface area (Å²) < 4.78 is 23.7. The summed E-state index contributed by atoms with van der Waals surface area (Å²) in [6.45, 7) is 1.84. The molecule has 7 nitrogen and oxygen atoms in total. The van der Waals surface area contributed by atoms with Gasteiger partial charge in [0.1, 0.15) is 12.1 Å². The minimum atomic E-state index is -3.45. The topological polar surface area (TPSA) is 109 Å². The Bertz CT molecular complexity index is 764. The standard InChI is InChI=1S/C14H15N5O2S/c1-22(20,21)14-5-4-12(19-6-2-3-7-19)8-13(14)18-17-11(9-15)10-16/h4-5,8,18H,2-3,6-7H2,1H3. The highest BCUT2D eigenvalue weighted by Crippen LogP contribution is 2.29. The first-order chi connectivity index (χ1) is 10.5. The van der Waals surface area contributed by atoms with Crippen molar-refractivity contribution in [2.75, 3.05) is 29.7 Å².